The largest absolute Gasteiger partial charge is 0.481 e. The van der Waals surface area contributed by atoms with Crippen LogP contribution in [0.1, 0.15) is 6.42 Å². The van der Waals surface area contributed by atoms with Gasteiger partial charge in [-0.2, -0.15) is 0 Å². The minimum atomic E-state index is -0.883. The van der Waals surface area contributed by atoms with Crippen molar-refractivity contribution in [2.45, 2.75) is 18.1 Å². The summed E-state index contributed by atoms with van der Waals surface area (Å²) in [4.78, 5) is 15.2. The summed E-state index contributed by atoms with van der Waals surface area (Å²) in [5.41, 5.74) is 1.54. The second kappa shape index (κ2) is 7.35. The first-order valence-corrected chi connectivity index (χ1v) is 7.96. The molecule has 8 heteroatoms. The molecule has 0 bridgehead atoms. The number of benzene rings is 1. The van der Waals surface area contributed by atoms with Crippen molar-refractivity contribution in [3.8, 4) is 0 Å². The highest BCUT2D eigenvalue weighted by atomic mass is 35.5. The monoisotopic (exact) mass is 348 g/mol. The van der Waals surface area contributed by atoms with Crippen LogP contribution in [0.15, 0.2) is 17.3 Å². The van der Waals surface area contributed by atoms with Crippen LogP contribution in [0.5, 0.6) is 0 Å². The minimum absolute atomic E-state index is 0.0466. The summed E-state index contributed by atoms with van der Waals surface area (Å²) in [7, 11) is 1.64. The van der Waals surface area contributed by atoms with Crippen molar-refractivity contribution >= 4 is 52.0 Å². The third-order valence-electron chi connectivity index (χ3n) is 2.81. The molecule has 0 radical (unpaired) electrons. The molecule has 0 amide bonds. The van der Waals surface area contributed by atoms with Gasteiger partial charge in [-0.25, -0.2) is 4.98 Å². The number of nitrogens with zero attached hydrogens (tertiary/aromatic N) is 2. The van der Waals surface area contributed by atoms with Gasteiger partial charge in [0.1, 0.15) is 0 Å². The molecule has 0 fully saturated rings. The van der Waals surface area contributed by atoms with Gasteiger partial charge in [0.2, 0.25) is 0 Å². The Morgan fingerprint density at radius 3 is 2.81 bits per heavy atom. The number of carboxylic acids is 1. The molecule has 0 atom stereocenters. The second-order valence-electron chi connectivity index (χ2n) is 4.33. The number of aryl methyl sites for hydroxylation is 1. The Bertz CT molecular complexity index is 660. The molecule has 2 rings (SSSR count). The molecule has 0 aliphatic rings. The van der Waals surface area contributed by atoms with Gasteiger partial charge in [0.05, 0.1) is 26.8 Å². The van der Waals surface area contributed by atoms with E-state index in [9.17, 15) is 4.79 Å². The number of hydrogen-bond donors (Lipinski definition) is 1. The van der Waals surface area contributed by atoms with Gasteiger partial charge in [-0.15, -0.1) is 0 Å². The molecule has 5 nitrogen and oxygen atoms in total. The van der Waals surface area contributed by atoms with Crippen LogP contribution in [0.25, 0.3) is 11.0 Å². The highest BCUT2D eigenvalue weighted by Crippen LogP contribution is 2.31. The Hall–Kier alpha value is -0.950. The lowest BCUT2D eigenvalue weighted by molar-refractivity contribution is -0.133. The first kappa shape index (κ1) is 16.4. The topological polar surface area (TPSA) is 64.3 Å². The molecule has 0 saturated heterocycles. The van der Waals surface area contributed by atoms with E-state index in [1.807, 2.05) is 4.57 Å². The fraction of sp³-hybridized carbons (Fsp3) is 0.385. The van der Waals surface area contributed by atoms with E-state index in [4.69, 9.17) is 33.0 Å². The van der Waals surface area contributed by atoms with Crippen LogP contribution < -0.4 is 0 Å². The first-order valence-electron chi connectivity index (χ1n) is 6.21. The van der Waals surface area contributed by atoms with Gasteiger partial charge < -0.3 is 14.4 Å². The zero-order valence-electron chi connectivity index (χ0n) is 11.3. The van der Waals surface area contributed by atoms with E-state index >= 15 is 0 Å². The standard InChI is InChI=1S/C13H14Cl2N2O3S/c1-20-4-2-3-17-11-6-9(15)8(14)5-10(11)16-13(17)21-7-12(18)19/h5-6H,2-4,7H2,1H3,(H,18,19). The Labute approximate surface area is 136 Å². The van der Waals surface area contributed by atoms with Gasteiger partial charge in [-0.1, -0.05) is 35.0 Å². The van der Waals surface area contributed by atoms with Crippen molar-refractivity contribution in [1.82, 2.24) is 9.55 Å². The van der Waals surface area contributed by atoms with Crippen LogP contribution in [0.3, 0.4) is 0 Å². The second-order valence-corrected chi connectivity index (χ2v) is 6.09. The highest BCUT2D eigenvalue weighted by molar-refractivity contribution is 7.99. The number of aliphatic carboxylic acids is 1. The lowest BCUT2D eigenvalue weighted by Crippen LogP contribution is -2.05. The summed E-state index contributed by atoms with van der Waals surface area (Å²) < 4.78 is 7.00. The summed E-state index contributed by atoms with van der Waals surface area (Å²) in [5.74, 6) is -0.929. The lowest BCUT2D eigenvalue weighted by atomic mass is 10.3. The summed E-state index contributed by atoms with van der Waals surface area (Å²) in [6.45, 7) is 1.29. The number of rotatable bonds is 7. The fourth-order valence-electron chi connectivity index (χ4n) is 1.92. The molecule has 0 spiro atoms. The number of carboxylic acid groups (broad SMARTS) is 1. The highest BCUT2D eigenvalue weighted by Gasteiger charge is 2.14. The number of halogens is 2. The quantitative estimate of drug-likeness (QED) is 0.612. The molecule has 21 heavy (non-hydrogen) atoms. The van der Waals surface area contributed by atoms with Crippen molar-refractivity contribution in [2.75, 3.05) is 19.5 Å². The van der Waals surface area contributed by atoms with Gasteiger partial charge in [0.15, 0.2) is 5.16 Å². The number of fused-ring (bicyclic) bond motifs is 1. The van der Waals surface area contributed by atoms with Gasteiger partial charge in [-0.3, -0.25) is 4.79 Å². The summed E-state index contributed by atoms with van der Waals surface area (Å²) >= 11 is 13.2. The molecule has 0 aliphatic carbocycles. The third-order valence-corrected chi connectivity index (χ3v) is 4.49. The lowest BCUT2D eigenvalue weighted by Gasteiger charge is -2.08. The summed E-state index contributed by atoms with van der Waals surface area (Å²) in [6, 6.07) is 3.45. The van der Waals surface area contributed by atoms with Gasteiger partial charge in [0.25, 0.3) is 0 Å². The maximum Gasteiger partial charge on any atom is 0.313 e. The summed E-state index contributed by atoms with van der Waals surface area (Å²) in [6.07, 6.45) is 0.794. The molecule has 1 heterocycles. The van der Waals surface area contributed by atoms with Crippen LogP contribution in [0.2, 0.25) is 10.0 Å². The molecule has 1 N–H and O–H groups in total. The predicted molar refractivity (Wildman–Crippen MR) is 84.6 cm³/mol. The SMILES string of the molecule is COCCCn1c(SCC(=O)O)nc2cc(Cl)c(Cl)cc21. The smallest absolute Gasteiger partial charge is 0.313 e. The zero-order chi connectivity index (χ0) is 15.4. The number of ether oxygens (including phenoxy) is 1. The third kappa shape index (κ3) is 4.03. The van der Waals surface area contributed by atoms with E-state index in [0.29, 0.717) is 33.9 Å². The van der Waals surface area contributed by atoms with Crippen molar-refractivity contribution in [3.63, 3.8) is 0 Å². The fourth-order valence-corrected chi connectivity index (χ4v) is 2.99. The van der Waals surface area contributed by atoms with E-state index in [1.54, 1.807) is 19.2 Å². The van der Waals surface area contributed by atoms with Crippen LogP contribution in [-0.2, 0) is 16.1 Å². The van der Waals surface area contributed by atoms with Gasteiger partial charge >= 0.3 is 5.97 Å². The number of carbonyl (C=O) groups is 1. The Morgan fingerprint density at radius 2 is 2.14 bits per heavy atom. The average Bonchev–Trinajstić information content (AvgIpc) is 2.75. The van der Waals surface area contributed by atoms with Crippen molar-refractivity contribution < 1.29 is 14.6 Å². The van der Waals surface area contributed by atoms with E-state index in [1.165, 1.54) is 11.8 Å². The normalized spacial score (nSPS) is 11.2. The van der Waals surface area contributed by atoms with Crippen LogP contribution >= 0.6 is 35.0 Å². The molecule has 1 aromatic carbocycles. The number of thioether (sulfide) groups is 1. The Kier molecular flexibility index (Phi) is 5.75. The number of hydrogen-bond acceptors (Lipinski definition) is 4. The molecule has 0 aliphatic heterocycles. The van der Waals surface area contributed by atoms with Crippen LogP contribution in [0, 0.1) is 0 Å². The molecular weight excluding hydrogens is 335 g/mol. The average molecular weight is 349 g/mol. The van der Waals surface area contributed by atoms with Crippen LogP contribution in [-0.4, -0.2) is 40.1 Å². The molecule has 0 unspecified atom stereocenters. The van der Waals surface area contributed by atoms with Gasteiger partial charge in [0, 0.05) is 20.3 Å². The maximum absolute atomic E-state index is 10.7. The maximum atomic E-state index is 10.7. The van der Waals surface area contributed by atoms with E-state index < -0.39 is 5.97 Å². The number of methoxy groups -OCH3 is 1. The molecular formula is C13H14Cl2N2O3S. The molecule has 2 aromatic rings. The van der Waals surface area contributed by atoms with E-state index in [2.05, 4.69) is 4.98 Å². The molecule has 0 saturated carbocycles. The number of imidazole rings is 1. The van der Waals surface area contributed by atoms with Crippen molar-refractivity contribution in [1.29, 1.82) is 0 Å². The van der Waals surface area contributed by atoms with Gasteiger partial charge in [-0.05, 0) is 18.6 Å². The summed E-state index contributed by atoms with van der Waals surface area (Å²) in [5, 5.41) is 10.3. The Balaban J connectivity index is 2.39. The van der Waals surface area contributed by atoms with Crippen molar-refractivity contribution in [3.05, 3.63) is 22.2 Å². The van der Waals surface area contributed by atoms with Crippen molar-refractivity contribution in [2.24, 2.45) is 0 Å². The predicted octanol–water partition coefficient (Wildman–Crippen LogP) is 3.56. The van der Waals surface area contributed by atoms with E-state index in [-0.39, 0.29) is 5.75 Å². The molecule has 1 aromatic heterocycles. The van der Waals surface area contributed by atoms with Crippen LogP contribution in [0.4, 0.5) is 0 Å². The zero-order valence-corrected chi connectivity index (χ0v) is 13.6. The van der Waals surface area contributed by atoms with E-state index in [0.717, 1.165) is 11.9 Å². The molecule has 114 valence electrons. The minimum Gasteiger partial charge on any atom is -0.481 e. The Morgan fingerprint density at radius 1 is 1.43 bits per heavy atom. The first-order chi connectivity index (χ1) is 10.0. The number of aromatic nitrogens is 2.